The van der Waals surface area contributed by atoms with Crippen LogP contribution in [0.5, 0.6) is 0 Å². The Morgan fingerprint density at radius 3 is 2.63 bits per heavy atom. The van der Waals surface area contributed by atoms with Crippen LogP contribution in [-0.4, -0.2) is 27.3 Å². The van der Waals surface area contributed by atoms with Crippen LogP contribution in [0.2, 0.25) is 0 Å². The van der Waals surface area contributed by atoms with E-state index in [4.69, 9.17) is 4.98 Å². The number of hydrogen-bond donors (Lipinski definition) is 0. The van der Waals surface area contributed by atoms with E-state index in [1.807, 2.05) is 23.1 Å². The van der Waals surface area contributed by atoms with Gasteiger partial charge in [-0.15, -0.1) is 0 Å². The van der Waals surface area contributed by atoms with Crippen LogP contribution in [0.25, 0.3) is 0 Å². The highest BCUT2D eigenvalue weighted by atomic mass is 19.1. The van der Waals surface area contributed by atoms with Crippen LogP contribution in [-0.2, 0) is 6.42 Å². The van der Waals surface area contributed by atoms with E-state index in [-0.39, 0.29) is 17.8 Å². The number of pyridine rings is 2. The first-order chi connectivity index (χ1) is 13.2. The second kappa shape index (κ2) is 7.66. The normalized spacial score (nSPS) is 16.5. The molecule has 4 rings (SSSR count). The zero-order chi connectivity index (χ0) is 18.6. The number of carbonyl (C=O) groups is 1. The van der Waals surface area contributed by atoms with Gasteiger partial charge in [0.05, 0.1) is 11.7 Å². The van der Waals surface area contributed by atoms with Crippen LogP contribution in [0.1, 0.15) is 46.2 Å². The van der Waals surface area contributed by atoms with Crippen LogP contribution < -0.4 is 0 Å². The number of carbonyl (C=O) groups excluding carboxylic acids is 1. The van der Waals surface area contributed by atoms with Gasteiger partial charge in [0.2, 0.25) is 0 Å². The van der Waals surface area contributed by atoms with Crippen molar-refractivity contribution in [2.45, 2.75) is 25.3 Å². The number of rotatable bonds is 4. The number of aromatic nitrogens is 2. The molecule has 5 heteroatoms. The molecule has 0 bridgehead atoms. The molecule has 3 aromatic rings. The Morgan fingerprint density at radius 1 is 1.07 bits per heavy atom. The third kappa shape index (κ3) is 3.87. The second-order valence-corrected chi connectivity index (χ2v) is 6.75. The van der Waals surface area contributed by atoms with Crippen LogP contribution >= 0.6 is 0 Å². The predicted molar refractivity (Wildman–Crippen MR) is 101 cm³/mol. The van der Waals surface area contributed by atoms with E-state index < -0.39 is 0 Å². The zero-order valence-corrected chi connectivity index (χ0v) is 14.9. The first kappa shape index (κ1) is 17.3. The molecule has 1 fully saturated rings. The van der Waals surface area contributed by atoms with Gasteiger partial charge in [0.25, 0.3) is 5.91 Å². The zero-order valence-electron chi connectivity index (χ0n) is 14.9. The Balaban J connectivity index is 1.55. The highest BCUT2D eigenvalue weighted by Gasteiger charge is 2.31. The fraction of sp³-hybridized carbons (Fsp3) is 0.227. The lowest BCUT2D eigenvalue weighted by molar-refractivity contribution is 0.0732. The Hall–Kier alpha value is -3.08. The van der Waals surface area contributed by atoms with Gasteiger partial charge in [0.1, 0.15) is 5.82 Å². The van der Waals surface area contributed by atoms with Gasteiger partial charge in [0, 0.05) is 36.6 Å². The van der Waals surface area contributed by atoms with E-state index >= 15 is 0 Å². The van der Waals surface area contributed by atoms with Crippen molar-refractivity contribution in [3.05, 3.63) is 95.3 Å². The summed E-state index contributed by atoms with van der Waals surface area (Å²) in [5, 5.41) is 0. The van der Waals surface area contributed by atoms with Crippen LogP contribution in [0.4, 0.5) is 4.39 Å². The van der Waals surface area contributed by atoms with E-state index in [9.17, 15) is 9.18 Å². The molecule has 1 aromatic carbocycles. The number of amides is 1. The minimum Gasteiger partial charge on any atom is -0.330 e. The number of benzene rings is 1. The first-order valence-corrected chi connectivity index (χ1v) is 9.12. The van der Waals surface area contributed by atoms with Crippen molar-refractivity contribution in [1.29, 1.82) is 0 Å². The van der Waals surface area contributed by atoms with Crippen molar-refractivity contribution in [1.82, 2.24) is 14.9 Å². The van der Waals surface area contributed by atoms with Crippen LogP contribution in [0.3, 0.4) is 0 Å². The Kier molecular flexibility index (Phi) is 4.92. The minimum atomic E-state index is -0.239. The summed E-state index contributed by atoms with van der Waals surface area (Å²) in [6.07, 6.45) is 5.79. The monoisotopic (exact) mass is 361 g/mol. The molecule has 27 heavy (non-hydrogen) atoms. The quantitative estimate of drug-likeness (QED) is 0.700. The summed E-state index contributed by atoms with van der Waals surface area (Å²) in [7, 11) is 0. The standard InChI is InChI=1S/C22H20FN3O/c23-18-8-6-16(7-9-18)15-19-3-1-4-20(25-19)21-5-2-14-26(21)22(27)17-10-12-24-13-11-17/h1,3-4,6-13,21H,2,5,14-15H2/t21-/m1/s1. The summed E-state index contributed by atoms with van der Waals surface area (Å²) in [6.45, 7) is 0.732. The van der Waals surface area contributed by atoms with Gasteiger partial charge < -0.3 is 4.90 Å². The molecule has 1 saturated heterocycles. The molecule has 1 aliphatic heterocycles. The molecule has 0 aliphatic carbocycles. The lowest BCUT2D eigenvalue weighted by atomic mass is 10.1. The molecule has 2 aromatic heterocycles. The minimum absolute atomic E-state index is 0.0150. The third-order valence-corrected chi connectivity index (χ3v) is 4.91. The smallest absolute Gasteiger partial charge is 0.254 e. The van der Waals surface area contributed by atoms with Gasteiger partial charge in [-0.1, -0.05) is 18.2 Å². The van der Waals surface area contributed by atoms with Gasteiger partial charge in [-0.3, -0.25) is 14.8 Å². The Morgan fingerprint density at radius 2 is 1.85 bits per heavy atom. The largest absolute Gasteiger partial charge is 0.330 e. The maximum atomic E-state index is 13.1. The van der Waals surface area contributed by atoms with Crippen molar-refractivity contribution in [2.75, 3.05) is 6.54 Å². The van der Waals surface area contributed by atoms with E-state index in [1.54, 1.807) is 36.7 Å². The number of nitrogens with zero attached hydrogens (tertiary/aromatic N) is 3. The number of likely N-dealkylation sites (tertiary alicyclic amines) is 1. The summed E-state index contributed by atoms with van der Waals surface area (Å²) in [5.74, 6) is -0.220. The molecule has 0 radical (unpaired) electrons. The van der Waals surface area contributed by atoms with E-state index in [1.165, 1.54) is 12.1 Å². The molecule has 0 saturated carbocycles. The maximum absolute atomic E-state index is 13.1. The summed E-state index contributed by atoms with van der Waals surface area (Å²) in [4.78, 5) is 23.6. The van der Waals surface area contributed by atoms with Crippen molar-refractivity contribution >= 4 is 5.91 Å². The molecule has 0 unspecified atom stereocenters. The topological polar surface area (TPSA) is 46.1 Å². The maximum Gasteiger partial charge on any atom is 0.254 e. The molecule has 0 spiro atoms. The second-order valence-electron chi connectivity index (χ2n) is 6.75. The first-order valence-electron chi connectivity index (χ1n) is 9.12. The molecule has 3 heterocycles. The third-order valence-electron chi connectivity index (χ3n) is 4.91. The van der Waals surface area contributed by atoms with Gasteiger partial charge in [-0.05, 0) is 54.8 Å². The van der Waals surface area contributed by atoms with Gasteiger partial charge in [-0.25, -0.2) is 4.39 Å². The molecular formula is C22H20FN3O. The SMILES string of the molecule is O=C(c1ccncc1)N1CCC[C@@H]1c1cccc(Cc2ccc(F)cc2)n1. The summed E-state index contributed by atoms with van der Waals surface area (Å²) < 4.78 is 13.1. The summed E-state index contributed by atoms with van der Waals surface area (Å²) in [5.41, 5.74) is 3.49. The van der Waals surface area contributed by atoms with Gasteiger partial charge in [-0.2, -0.15) is 0 Å². The molecule has 4 nitrogen and oxygen atoms in total. The lowest BCUT2D eigenvalue weighted by Gasteiger charge is -2.24. The average Bonchev–Trinajstić information content (AvgIpc) is 3.20. The Bertz CT molecular complexity index is 928. The van der Waals surface area contributed by atoms with Crippen molar-refractivity contribution in [3.8, 4) is 0 Å². The van der Waals surface area contributed by atoms with E-state index in [0.29, 0.717) is 12.0 Å². The average molecular weight is 361 g/mol. The van der Waals surface area contributed by atoms with Gasteiger partial charge >= 0.3 is 0 Å². The fourth-order valence-corrected chi connectivity index (χ4v) is 3.57. The number of halogens is 1. The van der Waals surface area contributed by atoms with Crippen molar-refractivity contribution in [2.24, 2.45) is 0 Å². The Labute approximate surface area is 157 Å². The van der Waals surface area contributed by atoms with Crippen LogP contribution in [0, 0.1) is 5.82 Å². The van der Waals surface area contributed by atoms with E-state index in [0.717, 1.165) is 36.3 Å². The van der Waals surface area contributed by atoms with Crippen molar-refractivity contribution in [3.63, 3.8) is 0 Å². The molecule has 1 aliphatic rings. The fourth-order valence-electron chi connectivity index (χ4n) is 3.57. The molecular weight excluding hydrogens is 341 g/mol. The molecule has 1 amide bonds. The highest BCUT2D eigenvalue weighted by Crippen LogP contribution is 2.32. The van der Waals surface area contributed by atoms with Crippen molar-refractivity contribution < 1.29 is 9.18 Å². The molecule has 136 valence electrons. The van der Waals surface area contributed by atoms with Gasteiger partial charge in [0.15, 0.2) is 0 Å². The predicted octanol–water partition coefficient (Wildman–Crippen LogP) is 4.18. The molecule has 1 atom stereocenters. The number of hydrogen-bond acceptors (Lipinski definition) is 3. The van der Waals surface area contributed by atoms with Crippen LogP contribution in [0.15, 0.2) is 67.0 Å². The van der Waals surface area contributed by atoms with E-state index in [2.05, 4.69) is 4.98 Å². The summed E-state index contributed by atoms with van der Waals surface area (Å²) in [6, 6.07) is 15.9. The lowest BCUT2D eigenvalue weighted by Crippen LogP contribution is -2.31. The molecule has 0 N–H and O–H groups in total. The highest BCUT2D eigenvalue weighted by molar-refractivity contribution is 5.94. The summed E-state index contributed by atoms with van der Waals surface area (Å²) >= 11 is 0.